The van der Waals surface area contributed by atoms with Crippen molar-refractivity contribution in [1.82, 2.24) is 4.90 Å². The fourth-order valence-electron chi connectivity index (χ4n) is 3.01. The van der Waals surface area contributed by atoms with E-state index in [0.29, 0.717) is 6.04 Å². The van der Waals surface area contributed by atoms with Gasteiger partial charge >= 0.3 is 0 Å². The van der Waals surface area contributed by atoms with Crippen LogP contribution in [0, 0.1) is 11.8 Å². The van der Waals surface area contributed by atoms with Gasteiger partial charge < -0.3 is 10.0 Å². The highest BCUT2D eigenvalue weighted by Gasteiger charge is 2.28. The minimum absolute atomic E-state index is 0.284. The first kappa shape index (κ1) is 12.0. The number of aliphatic hydroxyl groups excluding tert-OH is 1. The molecule has 1 saturated carbocycles. The molecule has 1 aliphatic rings. The van der Waals surface area contributed by atoms with Crippen molar-refractivity contribution in [3.63, 3.8) is 0 Å². The lowest BCUT2D eigenvalue weighted by molar-refractivity contribution is 0.108. The van der Waals surface area contributed by atoms with Gasteiger partial charge in [-0.1, -0.05) is 26.7 Å². The van der Waals surface area contributed by atoms with Crippen molar-refractivity contribution >= 4 is 0 Å². The minimum Gasteiger partial charge on any atom is -0.395 e. The summed E-state index contributed by atoms with van der Waals surface area (Å²) in [6.45, 7) is 5.83. The van der Waals surface area contributed by atoms with Crippen LogP contribution in [0.25, 0.3) is 0 Å². The third-order valence-electron chi connectivity index (χ3n) is 3.70. The fraction of sp³-hybridized carbons (Fsp3) is 1.00. The lowest BCUT2D eigenvalue weighted by Crippen LogP contribution is -2.42. The topological polar surface area (TPSA) is 23.5 Å². The summed E-state index contributed by atoms with van der Waals surface area (Å²) >= 11 is 0. The average Bonchev–Trinajstić information content (AvgIpc) is 2.28. The van der Waals surface area contributed by atoms with Crippen LogP contribution in [0.5, 0.6) is 0 Å². The molecule has 0 aromatic carbocycles. The summed E-state index contributed by atoms with van der Waals surface area (Å²) < 4.78 is 0. The minimum atomic E-state index is 0.284. The Morgan fingerprint density at radius 3 is 2.07 bits per heavy atom. The Hall–Kier alpha value is -0.0800. The molecule has 2 heteroatoms. The van der Waals surface area contributed by atoms with Gasteiger partial charge in [-0.05, 0) is 31.7 Å². The average molecular weight is 199 g/mol. The molecule has 0 radical (unpaired) electrons. The summed E-state index contributed by atoms with van der Waals surface area (Å²) in [4.78, 5) is 2.35. The van der Waals surface area contributed by atoms with E-state index in [1.54, 1.807) is 0 Å². The molecular formula is C12H25NO. The molecule has 1 rings (SSSR count). The van der Waals surface area contributed by atoms with Crippen molar-refractivity contribution in [2.75, 3.05) is 20.2 Å². The summed E-state index contributed by atoms with van der Waals surface area (Å²) in [5.74, 6) is 1.56. The molecule has 2 nitrogen and oxygen atoms in total. The molecule has 0 aliphatic heterocycles. The number of hydrogen-bond acceptors (Lipinski definition) is 2. The Morgan fingerprint density at radius 1 is 1.14 bits per heavy atom. The molecule has 1 aliphatic carbocycles. The zero-order chi connectivity index (χ0) is 10.6. The van der Waals surface area contributed by atoms with E-state index in [1.807, 2.05) is 0 Å². The number of nitrogens with zero attached hydrogens (tertiary/aromatic N) is 1. The van der Waals surface area contributed by atoms with Crippen LogP contribution in [-0.4, -0.2) is 36.2 Å². The lowest BCUT2D eigenvalue weighted by Gasteiger charge is -2.35. The highest BCUT2D eigenvalue weighted by Crippen LogP contribution is 2.30. The van der Waals surface area contributed by atoms with E-state index in [1.165, 1.54) is 25.7 Å². The Bertz CT molecular complexity index is 148. The van der Waals surface area contributed by atoms with Gasteiger partial charge in [0.05, 0.1) is 6.61 Å². The molecule has 0 bridgehead atoms. The van der Waals surface area contributed by atoms with Crippen LogP contribution >= 0.6 is 0 Å². The Kier molecular flexibility index (Phi) is 4.90. The van der Waals surface area contributed by atoms with Crippen molar-refractivity contribution in [3.05, 3.63) is 0 Å². The van der Waals surface area contributed by atoms with Gasteiger partial charge in [-0.2, -0.15) is 0 Å². The predicted molar refractivity (Wildman–Crippen MR) is 60.3 cm³/mol. The van der Waals surface area contributed by atoms with Gasteiger partial charge in [-0.25, -0.2) is 0 Å². The zero-order valence-corrected chi connectivity index (χ0v) is 9.87. The number of likely N-dealkylation sites (N-methyl/N-ethyl adjacent to an activating group) is 1. The largest absolute Gasteiger partial charge is 0.395 e. The van der Waals surface area contributed by atoms with Crippen LogP contribution in [0.15, 0.2) is 0 Å². The van der Waals surface area contributed by atoms with Crippen LogP contribution in [0.1, 0.15) is 39.5 Å². The van der Waals surface area contributed by atoms with Gasteiger partial charge in [0, 0.05) is 12.6 Å². The van der Waals surface area contributed by atoms with Crippen molar-refractivity contribution < 1.29 is 5.11 Å². The van der Waals surface area contributed by atoms with Crippen molar-refractivity contribution in [2.24, 2.45) is 11.8 Å². The molecule has 0 saturated heterocycles. The summed E-state index contributed by atoms with van der Waals surface area (Å²) in [5, 5.41) is 8.97. The van der Waals surface area contributed by atoms with Crippen LogP contribution < -0.4 is 0 Å². The summed E-state index contributed by atoms with van der Waals surface area (Å²) in [6.07, 6.45) is 5.47. The molecule has 0 aromatic rings. The quantitative estimate of drug-likeness (QED) is 0.704. The van der Waals surface area contributed by atoms with Crippen molar-refractivity contribution in [2.45, 2.75) is 45.6 Å². The predicted octanol–water partition coefficient (Wildman–Crippen LogP) is 2.13. The summed E-state index contributed by atoms with van der Waals surface area (Å²) in [5.41, 5.74) is 0. The first-order chi connectivity index (χ1) is 6.66. The summed E-state index contributed by atoms with van der Waals surface area (Å²) in [6, 6.07) is 0.671. The maximum Gasteiger partial charge on any atom is 0.0558 e. The first-order valence-electron chi connectivity index (χ1n) is 5.98. The maximum atomic E-state index is 8.97. The third-order valence-corrected chi connectivity index (χ3v) is 3.70. The summed E-state index contributed by atoms with van der Waals surface area (Å²) in [7, 11) is 2.15. The van der Waals surface area contributed by atoms with Gasteiger partial charge in [0.15, 0.2) is 0 Å². The Balaban J connectivity index is 2.59. The molecule has 84 valence electrons. The number of aliphatic hydroxyl groups is 1. The Morgan fingerprint density at radius 2 is 1.64 bits per heavy atom. The third kappa shape index (κ3) is 2.96. The van der Waals surface area contributed by atoms with Gasteiger partial charge in [0.2, 0.25) is 0 Å². The molecule has 0 heterocycles. The van der Waals surface area contributed by atoms with Crippen LogP contribution in [0.3, 0.4) is 0 Å². The van der Waals surface area contributed by atoms with Crippen LogP contribution in [-0.2, 0) is 0 Å². The van der Waals surface area contributed by atoms with Crippen LogP contribution in [0.2, 0.25) is 0 Å². The van der Waals surface area contributed by atoms with E-state index in [9.17, 15) is 0 Å². The van der Waals surface area contributed by atoms with Gasteiger partial charge in [-0.15, -0.1) is 0 Å². The van der Waals surface area contributed by atoms with E-state index in [0.717, 1.165) is 18.4 Å². The van der Waals surface area contributed by atoms with Crippen molar-refractivity contribution in [3.8, 4) is 0 Å². The first-order valence-corrected chi connectivity index (χ1v) is 5.98. The molecule has 0 amide bonds. The monoisotopic (exact) mass is 199 g/mol. The molecule has 0 spiro atoms. The van der Waals surface area contributed by atoms with E-state index in [2.05, 4.69) is 25.8 Å². The maximum absolute atomic E-state index is 8.97. The standard InChI is InChI=1S/C12H25NO/c1-10-6-4-5-7-11(2)12(10)13(3)8-9-14/h10-12,14H,4-9H2,1-3H3. The molecule has 14 heavy (non-hydrogen) atoms. The normalized spacial score (nSPS) is 34.5. The van der Waals surface area contributed by atoms with Crippen LogP contribution in [0.4, 0.5) is 0 Å². The second-order valence-corrected chi connectivity index (χ2v) is 4.93. The second-order valence-electron chi connectivity index (χ2n) is 4.93. The van der Waals surface area contributed by atoms with E-state index < -0.39 is 0 Å². The molecular weight excluding hydrogens is 174 g/mol. The number of rotatable bonds is 3. The Labute approximate surface area is 88.3 Å². The molecule has 1 N–H and O–H groups in total. The number of hydrogen-bond donors (Lipinski definition) is 1. The van der Waals surface area contributed by atoms with E-state index in [-0.39, 0.29) is 6.61 Å². The second kappa shape index (κ2) is 5.72. The highest BCUT2D eigenvalue weighted by molar-refractivity contribution is 4.82. The van der Waals surface area contributed by atoms with Gasteiger partial charge in [-0.3, -0.25) is 0 Å². The lowest BCUT2D eigenvalue weighted by atomic mass is 9.88. The highest BCUT2D eigenvalue weighted by atomic mass is 16.3. The molecule has 2 atom stereocenters. The van der Waals surface area contributed by atoms with Gasteiger partial charge in [0.1, 0.15) is 0 Å². The fourth-order valence-corrected chi connectivity index (χ4v) is 3.01. The van der Waals surface area contributed by atoms with Crippen molar-refractivity contribution in [1.29, 1.82) is 0 Å². The zero-order valence-electron chi connectivity index (χ0n) is 9.87. The van der Waals surface area contributed by atoms with E-state index in [4.69, 9.17) is 5.11 Å². The smallest absolute Gasteiger partial charge is 0.0558 e. The van der Waals surface area contributed by atoms with E-state index >= 15 is 0 Å². The van der Waals surface area contributed by atoms with Gasteiger partial charge in [0.25, 0.3) is 0 Å². The molecule has 1 fully saturated rings. The molecule has 2 unspecified atom stereocenters. The SMILES string of the molecule is CC1CCCCC(C)C1N(C)CCO. The molecule has 0 aromatic heterocycles.